The van der Waals surface area contributed by atoms with Gasteiger partial charge < -0.3 is 9.84 Å². The Morgan fingerprint density at radius 3 is 2.58 bits per heavy atom. The topological polar surface area (TPSA) is 29.5 Å². The van der Waals surface area contributed by atoms with Gasteiger partial charge in [-0.25, -0.2) is 0 Å². The van der Waals surface area contributed by atoms with Crippen molar-refractivity contribution < 1.29 is 9.84 Å². The molecule has 1 unspecified atom stereocenters. The quantitative estimate of drug-likeness (QED) is 0.761. The number of hydrogen-bond donors (Lipinski definition) is 1. The van der Waals surface area contributed by atoms with Crippen LogP contribution in [0.5, 0.6) is 11.5 Å². The third kappa shape index (κ3) is 2.34. The average molecular weight is 275 g/mol. The smallest absolute Gasteiger partial charge is 0.131 e. The molecule has 0 saturated heterocycles. The summed E-state index contributed by atoms with van der Waals surface area (Å²) >= 11 is 6.02. The molecule has 0 fully saturated rings. The molecule has 0 radical (unpaired) electrons. The summed E-state index contributed by atoms with van der Waals surface area (Å²) in [6.45, 7) is 2.16. The Kier molecular flexibility index (Phi) is 3.21. The molecule has 1 N–H and O–H groups in total. The highest BCUT2D eigenvalue weighted by Gasteiger charge is 2.18. The second-order valence-corrected chi connectivity index (χ2v) is 5.42. The van der Waals surface area contributed by atoms with Crippen LogP contribution in [0, 0.1) is 0 Å². The molecule has 0 saturated carbocycles. The van der Waals surface area contributed by atoms with Gasteiger partial charge >= 0.3 is 0 Å². The third-order valence-corrected chi connectivity index (χ3v) is 3.79. The summed E-state index contributed by atoms with van der Waals surface area (Å²) < 4.78 is 5.88. The third-order valence-electron chi connectivity index (χ3n) is 3.55. The Morgan fingerprint density at radius 2 is 1.84 bits per heavy atom. The van der Waals surface area contributed by atoms with E-state index >= 15 is 0 Å². The Morgan fingerprint density at radius 1 is 1.16 bits per heavy atom. The number of benzene rings is 2. The summed E-state index contributed by atoms with van der Waals surface area (Å²) in [7, 11) is 0. The molecule has 19 heavy (non-hydrogen) atoms. The van der Waals surface area contributed by atoms with Crippen LogP contribution in [0.1, 0.15) is 29.5 Å². The highest BCUT2D eigenvalue weighted by molar-refractivity contribution is 6.30. The highest BCUT2D eigenvalue weighted by atomic mass is 35.5. The van der Waals surface area contributed by atoms with Gasteiger partial charge in [0.2, 0.25) is 0 Å². The lowest BCUT2D eigenvalue weighted by atomic mass is 9.94. The maximum Gasteiger partial charge on any atom is 0.131 e. The molecule has 1 atom stereocenters. The number of aliphatic hydroxyl groups excluding tert-OH is 1. The maximum atomic E-state index is 9.24. The predicted molar refractivity (Wildman–Crippen MR) is 76.3 cm³/mol. The first-order valence-electron chi connectivity index (χ1n) is 6.37. The van der Waals surface area contributed by atoms with E-state index in [2.05, 4.69) is 6.07 Å². The zero-order valence-corrected chi connectivity index (χ0v) is 11.4. The Bertz CT molecular complexity index is 622. The van der Waals surface area contributed by atoms with Crippen molar-refractivity contribution in [1.82, 2.24) is 0 Å². The molecule has 1 aliphatic rings. The largest absolute Gasteiger partial charge is 0.457 e. The summed E-state index contributed by atoms with van der Waals surface area (Å²) in [4.78, 5) is 0. The van der Waals surface area contributed by atoms with Crippen molar-refractivity contribution in [3.05, 3.63) is 58.1 Å². The zero-order valence-electron chi connectivity index (χ0n) is 10.7. The summed E-state index contributed by atoms with van der Waals surface area (Å²) in [6, 6.07) is 11.8. The fraction of sp³-hybridized carbons (Fsp3) is 0.250. The molecule has 0 aliphatic carbocycles. The standard InChI is InChI=1S/C16H15ClO2/c1-10(9-18)11-2-4-15-12(6-11)7-13-8-14(17)3-5-16(13)19-15/h2-6,8,10,18H,7,9H2,1H3. The lowest BCUT2D eigenvalue weighted by molar-refractivity contribution is 0.273. The van der Waals surface area contributed by atoms with Gasteiger partial charge in [0.25, 0.3) is 0 Å². The van der Waals surface area contributed by atoms with Crippen LogP contribution in [0.15, 0.2) is 36.4 Å². The van der Waals surface area contributed by atoms with Gasteiger partial charge in [-0.1, -0.05) is 30.7 Å². The van der Waals surface area contributed by atoms with Gasteiger partial charge in [0, 0.05) is 29.5 Å². The Labute approximate surface area is 117 Å². The van der Waals surface area contributed by atoms with Crippen molar-refractivity contribution in [2.24, 2.45) is 0 Å². The van der Waals surface area contributed by atoms with E-state index in [0.29, 0.717) is 0 Å². The Hall–Kier alpha value is -1.51. The van der Waals surface area contributed by atoms with E-state index < -0.39 is 0 Å². The molecule has 1 heterocycles. The maximum absolute atomic E-state index is 9.24. The van der Waals surface area contributed by atoms with Crippen LogP contribution in [-0.4, -0.2) is 11.7 Å². The number of fused-ring (bicyclic) bond motifs is 2. The van der Waals surface area contributed by atoms with E-state index in [-0.39, 0.29) is 12.5 Å². The van der Waals surface area contributed by atoms with Gasteiger partial charge in [0.05, 0.1) is 0 Å². The number of hydrogen-bond acceptors (Lipinski definition) is 2. The predicted octanol–water partition coefficient (Wildman–Crippen LogP) is 4.13. The first-order valence-corrected chi connectivity index (χ1v) is 6.75. The van der Waals surface area contributed by atoms with Crippen molar-refractivity contribution in [3.63, 3.8) is 0 Å². The van der Waals surface area contributed by atoms with Crippen molar-refractivity contribution in [2.45, 2.75) is 19.3 Å². The molecule has 0 spiro atoms. The second-order valence-electron chi connectivity index (χ2n) is 4.98. The molecular weight excluding hydrogens is 260 g/mol. The monoisotopic (exact) mass is 274 g/mol. The number of halogens is 1. The van der Waals surface area contributed by atoms with Gasteiger partial charge in [0.1, 0.15) is 11.5 Å². The molecule has 0 bridgehead atoms. The van der Waals surface area contributed by atoms with Crippen LogP contribution in [0.2, 0.25) is 5.02 Å². The van der Waals surface area contributed by atoms with E-state index in [9.17, 15) is 5.11 Å². The Balaban J connectivity index is 1.98. The fourth-order valence-corrected chi connectivity index (χ4v) is 2.55. The van der Waals surface area contributed by atoms with Gasteiger partial charge in [-0.3, -0.25) is 0 Å². The molecular formula is C16H15ClO2. The molecule has 2 aromatic carbocycles. The number of rotatable bonds is 2. The van der Waals surface area contributed by atoms with Crippen LogP contribution < -0.4 is 4.74 Å². The van der Waals surface area contributed by atoms with Crippen LogP contribution in [0.3, 0.4) is 0 Å². The molecule has 1 aliphatic heterocycles. The summed E-state index contributed by atoms with van der Waals surface area (Å²) in [6.07, 6.45) is 0.817. The van der Waals surface area contributed by atoms with Crippen LogP contribution in [0.4, 0.5) is 0 Å². The normalized spacial score (nSPS) is 14.3. The minimum atomic E-state index is 0.144. The minimum Gasteiger partial charge on any atom is -0.457 e. The number of ether oxygens (including phenoxy) is 1. The SMILES string of the molecule is CC(CO)c1ccc2c(c1)Cc1cc(Cl)ccc1O2. The first-order chi connectivity index (χ1) is 9.17. The van der Waals surface area contributed by atoms with Crippen LogP contribution >= 0.6 is 11.6 Å². The molecule has 2 aromatic rings. The van der Waals surface area contributed by atoms with E-state index in [4.69, 9.17) is 16.3 Å². The lowest BCUT2D eigenvalue weighted by Crippen LogP contribution is -2.05. The molecule has 0 amide bonds. The van der Waals surface area contributed by atoms with E-state index in [0.717, 1.165) is 39.6 Å². The van der Waals surface area contributed by atoms with Gasteiger partial charge in [-0.15, -0.1) is 0 Å². The van der Waals surface area contributed by atoms with Gasteiger partial charge in [-0.2, -0.15) is 0 Å². The van der Waals surface area contributed by atoms with Crippen molar-refractivity contribution in [3.8, 4) is 11.5 Å². The van der Waals surface area contributed by atoms with Crippen LogP contribution in [0.25, 0.3) is 0 Å². The van der Waals surface area contributed by atoms with E-state index in [1.165, 1.54) is 0 Å². The second kappa shape index (κ2) is 4.87. The first kappa shape index (κ1) is 12.5. The van der Waals surface area contributed by atoms with Crippen molar-refractivity contribution in [2.75, 3.05) is 6.61 Å². The summed E-state index contributed by atoms with van der Waals surface area (Å²) in [5, 5.41) is 9.97. The molecule has 3 rings (SSSR count). The van der Waals surface area contributed by atoms with E-state index in [1.54, 1.807) is 0 Å². The molecule has 0 aromatic heterocycles. The van der Waals surface area contributed by atoms with Crippen molar-refractivity contribution >= 4 is 11.6 Å². The van der Waals surface area contributed by atoms with Gasteiger partial charge in [-0.05, 0) is 35.4 Å². The minimum absolute atomic E-state index is 0.144. The lowest BCUT2D eigenvalue weighted by Gasteiger charge is -2.22. The van der Waals surface area contributed by atoms with Crippen molar-refractivity contribution in [1.29, 1.82) is 0 Å². The van der Waals surface area contributed by atoms with E-state index in [1.807, 2.05) is 37.3 Å². The fourth-order valence-electron chi connectivity index (χ4n) is 2.36. The summed E-state index contributed by atoms with van der Waals surface area (Å²) in [5.74, 6) is 1.91. The average Bonchev–Trinajstić information content (AvgIpc) is 2.43. The molecule has 98 valence electrons. The summed E-state index contributed by atoms with van der Waals surface area (Å²) in [5.41, 5.74) is 3.39. The molecule has 2 nitrogen and oxygen atoms in total. The van der Waals surface area contributed by atoms with Gasteiger partial charge in [0.15, 0.2) is 0 Å². The zero-order chi connectivity index (χ0) is 13.4. The number of aliphatic hydroxyl groups is 1. The molecule has 3 heteroatoms. The van der Waals surface area contributed by atoms with Crippen LogP contribution in [-0.2, 0) is 6.42 Å². The highest BCUT2D eigenvalue weighted by Crippen LogP contribution is 2.38.